The second kappa shape index (κ2) is 7.27. The predicted octanol–water partition coefficient (Wildman–Crippen LogP) is 4.43. The Bertz CT molecular complexity index is 1010. The molecule has 0 saturated carbocycles. The van der Waals surface area contributed by atoms with E-state index in [4.69, 9.17) is 4.74 Å². The van der Waals surface area contributed by atoms with Crippen LogP contribution in [0.5, 0.6) is 5.75 Å². The zero-order valence-electron chi connectivity index (χ0n) is 15.4. The van der Waals surface area contributed by atoms with Gasteiger partial charge >= 0.3 is 0 Å². The average molecular weight is 373 g/mol. The third kappa shape index (κ3) is 2.95. The zero-order valence-corrected chi connectivity index (χ0v) is 15.4. The van der Waals surface area contributed by atoms with Crippen LogP contribution >= 0.6 is 0 Å². The summed E-state index contributed by atoms with van der Waals surface area (Å²) < 4.78 is 5.51. The molecule has 4 rings (SSSR count). The van der Waals surface area contributed by atoms with E-state index in [9.17, 15) is 14.9 Å². The maximum Gasteiger partial charge on any atom is 0.211 e. The number of ketones is 1. The molecule has 0 radical (unpaired) electrons. The fourth-order valence-electron chi connectivity index (χ4n) is 4.21. The van der Waals surface area contributed by atoms with Crippen LogP contribution in [0.3, 0.4) is 0 Å². The van der Waals surface area contributed by atoms with E-state index in [1.807, 2.05) is 60.7 Å². The number of benzene rings is 3. The van der Waals surface area contributed by atoms with Crippen LogP contribution < -0.4 is 4.74 Å². The molecule has 0 unspecified atom stereocenters. The molecule has 3 aromatic carbocycles. The molecule has 0 fully saturated rings. The van der Waals surface area contributed by atoms with E-state index in [1.165, 1.54) is 0 Å². The van der Waals surface area contributed by atoms with E-state index >= 15 is 0 Å². The Balaban J connectivity index is 1.98. The molecule has 3 aromatic rings. The first-order chi connectivity index (χ1) is 13.6. The quantitative estimate of drug-likeness (QED) is 0.490. The summed E-state index contributed by atoms with van der Waals surface area (Å²) in [6.45, 7) is -0.262. The van der Waals surface area contributed by atoms with Crippen molar-refractivity contribution < 1.29 is 14.5 Å². The van der Waals surface area contributed by atoms with Gasteiger partial charge in [-0.3, -0.25) is 14.9 Å². The molecule has 5 nitrogen and oxygen atoms in total. The van der Waals surface area contributed by atoms with E-state index in [1.54, 1.807) is 19.2 Å². The van der Waals surface area contributed by atoms with Crippen molar-refractivity contribution in [3.63, 3.8) is 0 Å². The van der Waals surface area contributed by atoms with Gasteiger partial charge in [0.2, 0.25) is 6.54 Å². The second-order valence-corrected chi connectivity index (χ2v) is 6.85. The van der Waals surface area contributed by atoms with Gasteiger partial charge in [0.15, 0.2) is 5.78 Å². The van der Waals surface area contributed by atoms with E-state index in [-0.39, 0.29) is 23.2 Å². The smallest absolute Gasteiger partial charge is 0.211 e. The van der Waals surface area contributed by atoms with E-state index in [2.05, 4.69) is 0 Å². The van der Waals surface area contributed by atoms with Crippen LogP contribution in [-0.4, -0.2) is 24.4 Å². The van der Waals surface area contributed by atoms with Gasteiger partial charge in [0, 0.05) is 27.5 Å². The molecule has 1 atom stereocenters. The molecule has 0 spiro atoms. The minimum absolute atomic E-state index is 0.0395. The van der Waals surface area contributed by atoms with Gasteiger partial charge < -0.3 is 4.74 Å². The zero-order chi connectivity index (χ0) is 19.7. The predicted molar refractivity (Wildman–Crippen MR) is 106 cm³/mol. The van der Waals surface area contributed by atoms with Gasteiger partial charge in [-0.1, -0.05) is 66.7 Å². The molecule has 0 heterocycles. The third-order valence-electron chi connectivity index (χ3n) is 5.37. The highest BCUT2D eigenvalue weighted by atomic mass is 16.6. The lowest BCUT2D eigenvalue weighted by atomic mass is 9.69. The Kier molecular flexibility index (Phi) is 4.65. The van der Waals surface area contributed by atoms with Crippen molar-refractivity contribution in [2.75, 3.05) is 13.7 Å². The summed E-state index contributed by atoms with van der Waals surface area (Å²) in [6, 6.07) is 22.2. The lowest BCUT2D eigenvalue weighted by Gasteiger charge is -2.32. The van der Waals surface area contributed by atoms with Crippen molar-refractivity contribution in [2.24, 2.45) is 0 Å². The third-order valence-corrected chi connectivity index (χ3v) is 5.37. The highest BCUT2D eigenvalue weighted by Crippen LogP contribution is 2.46. The van der Waals surface area contributed by atoms with Crippen molar-refractivity contribution in [1.82, 2.24) is 0 Å². The molecule has 0 aliphatic heterocycles. The van der Waals surface area contributed by atoms with Crippen molar-refractivity contribution in [2.45, 2.75) is 11.8 Å². The van der Waals surface area contributed by atoms with Crippen molar-refractivity contribution in [3.8, 4) is 5.75 Å². The van der Waals surface area contributed by atoms with Gasteiger partial charge in [-0.25, -0.2) is 0 Å². The lowest BCUT2D eigenvalue weighted by Crippen LogP contribution is -2.28. The van der Waals surface area contributed by atoms with Gasteiger partial charge in [0.1, 0.15) is 5.75 Å². The Morgan fingerprint density at radius 1 is 0.929 bits per heavy atom. The summed E-state index contributed by atoms with van der Waals surface area (Å²) in [5, 5.41) is 11.6. The summed E-state index contributed by atoms with van der Waals surface area (Å²) in [7, 11) is 1.56. The number of ether oxygens (including phenoxy) is 1. The normalized spacial score (nSPS) is 14.1. The minimum atomic E-state index is -0.471. The number of nitro groups is 1. The lowest BCUT2D eigenvalue weighted by molar-refractivity contribution is -0.483. The largest absolute Gasteiger partial charge is 0.496 e. The number of nitrogens with zero attached hydrogens (tertiary/aromatic N) is 1. The number of hydrogen-bond donors (Lipinski definition) is 0. The number of hydrogen-bond acceptors (Lipinski definition) is 4. The van der Waals surface area contributed by atoms with Gasteiger partial charge in [-0.2, -0.15) is 0 Å². The summed E-state index contributed by atoms with van der Waals surface area (Å²) in [6.07, 6.45) is 0. The molecule has 28 heavy (non-hydrogen) atoms. The number of carbonyl (C=O) groups excluding carboxylic acids is 1. The van der Waals surface area contributed by atoms with Crippen molar-refractivity contribution in [3.05, 3.63) is 111 Å². The van der Waals surface area contributed by atoms with Crippen LogP contribution in [0.2, 0.25) is 0 Å². The van der Waals surface area contributed by atoms with Gasteiger partial charge in [0.05, 0.1) is 13.0 Å². The van der Waals surface area contributed by atoms with E-state index in [0.717, 1.165) is 16.7 Å². The van der Waals surface area contributed by atoms with Crippen LogP contribution in [0.25, 0.3) is 0 Å². The van der Waals surface area contributed by atoms with Crippen LogP contribution in [0.4, 0.5) is 0 Å². The number of methoxy groups -OCH3 is 1. The molecule has 0 N–H and O–H groups in total. The van der Waals surface area contributed by atoms with Crippen LogP contribution in [-0.2, 0) is 0 Å². The van der Waals surface area contributed by atoms with Crippen LogP contribution in [0, 0.1) is 10.1 Å². The van der Waals surface area contributed by atoms with Crippen LogP contribution in [0.1, 0.15) is 44.4 Å². The maximum atomic E-state index is 13.0. The second-order valence-electron chi connectivity index (χ2n) is 6.85. The fraction of sp³-hybridized carbons (Fsp3) is 0.174. The first-order valence-corrected chi connectivity index (χ1v) is 9.09. The van der Waals surface area contributed by atoms with Crippen molar-refractivity contribution in [1.29, 1.82) is 0 Å². The standard InChI is InChI=1S/C23H19NO4/c1-28-21-13-7-6-8-15(21)20(14-24(26)27)22-16-9-2-4-11-18(16)23(25)19-12-5-3-10-17(19)22/h2-13,20,22H,14H2,1H3/t20-/m0/s1. The Morgan fingerprint density at radius 2 is 1.46 bits per heavy atom. The molecule has 0 saturated heterocycles. The highest BCUT2D eigenvalue weighted by molar-refractivity contribution is 6.12. The molecule has 5 heteroatoms. The summed E-state index contributed by atoms with van der Waals surface area (Å²) in [5.41, 5.74) is 3.63. The van der Waals surface area contributed by atoms with Crippen LogP contribution in [0.15, 0.2) is 72.8 Å². The first-order valence-electron chi connectivity index (χ1n) is 9.09. The number of para-hydroxylation sites is 1. The molecule has 0 aromatic heterocycles. The maximum absolute atomic E-state index is 13.0. The molecule has 140 valence electrons. The topological polar surface area (TPSA) is 69.4 Å². The Hall–Kier alpha value is -3.47. The Morgan fingerprint density at radius 3 is 2.04 bits per heavy atom. The first kappa shape index (κ1) is 17.9. The number of fused-ring (bicyclic) bond motifs is 2. The fourth-order valence-corrected chi connectivity index (χ4v) is 4.21. The molecule has 1 aliphatic carbocycles. The summed E-state index contributed by atoms with van der Waals surface area (Å²) in [4.78, 5) is 24.3. The van der Waals surface area contributed by atoms with Gasteiger partial charge in [0.25, 0.3) is 0 Å². The monoisotopic (exact) mass is 373 g/mol. The highest BCUT2D eigenvalue weighted by Gasteiger charge is 2.39. The molecular formula is C23H19NO4. The summed E-state index contributed by atoms with van der Waals surface area (Å²) >= 11 is 0. The minimum Gasteiger partial charge on any atom is -0.496 e. The molecular weight excluding hydrogens is 354 g/mol. The summed E-state index contributed by atoms with van der Waals surface area (Å²) in [5.74, 6) is -0.211. The number of rotatable bonds is 5. The number of carbonyl (C=O) groups is 1. The Labute approximate surface area is 162 Å². The van der Waals surface area contributed by atoms with E-state index < -0.39 is 5.92 Å². The van der Waals surface area contributed by atoms with Gasteiger partial charge in [-0.05, 0) is 17.2 Å². The van der Waals surface area contributed by atoms with E-state index in [0.29, 0.717) is 16.9 Å². The molecule has 0 amide bonds. The molecule has 1 aliphatic rings. The molecule has 0 bridgehead atoms. The SMILES string of the molecule is COc1ccccc1[C@H](C[N+](=O)[O-])C1c2ccccc2C(=O)c2ccccc21. The average Bonchev–Trinajstić information content (AvgIpc) is 2.73. The van der Waals surface area contributed by atoms with Gasteiger partial charge in [-0.15, -0.1) is 0 Å². The van der Waals surface area contributed by atoms with Crippen molar-refractivity contribution >= 4 is 5.78 Å².